The summed E-state index contributed by atoms with van der Waals surface area (Å²) in [6.07, 6.45) is 6.82. The third-order valence-electron chi connectivity index (χ3n) is 4.23. The van der Waals surface area contributed by atoms with Gasteiger partial charge in [-0.25, -0.2) is 0 Å². The highest BCUT2D eigenvalue weighted by Gasteiger charge is 2.29. The van der Waals surface area contributed by atoms with Crippen LogP contribution in [-0.4, -0.2) is 42.6 Å². The third kappa shape index (κ3) is 5.80. The molecule has 118 valence electrons. The van der Waals surface area contributed by atoms with Gasteiger partial charge in [0.2, 0.25) is 0 Å². The Kier molecular flexibility index (Phi) is 7.52. The summed E-state index contributed by atoms with van der Waals surface area (Å²) >= 11 is 0. The highest BCUT2D eigenvalue weighted by atomic mass is 16.5. The van der Waals surface area contributed by atoms with E-state index < -0.39 is 5.54 Å². The number of carbonyl (C=O) groups is 1. The smallest absolute Gasteiger partial charge is 0.325 e. The fourth-order valence-corrected chi connectivity index (χ4v) is 2.99. The van der Waals surface area contributed by atoms with E-state index in [9.17, 15) is 4.79 Å². The van der Waals surface area contributed by atoms with Gasteiger partial charge >= 0.3 is 5.97 Å². The molecule has 0 saturated carbocycles. The van der Waals surface area contributed by atoms with Gasteiger partial charge in [0.05, 0.1) is 6.61 Å². The van der Waals surface area contributed by atoms with Crippen molar-refractivity contribution in [3.05, 3.63) is 0 Å². The number of hydrogen-bond donors (Lipinski definition) is 1. The number of esters is 1. The monoisotopic (exact) mass is 284 g/mol. The summed E-state index contributed by atoms with van der Waals surface area (Å²) in [5.74, 6) is 0.628. The molecule has 0 aromatic rings. The zero-order valence-electron chi connectivity index (χ0n) is 13.5. The standard InChI is InChI=1S/C16H32N2O2/c1-4-8-14-9-12-18(13-14)11-7-6-10-16(3,17)15(19)20-5-2/h14H,4-13,17H2,1-3H3. The fourth-order valence-electron chi connectivity index (χ4n) is 2.99. The molecule has 2 unspecified atom stereocenters. The molecule has 1 aliphatic heterocycles. The van der Waals surface area contributed by atoms with Crippen molar-refractivity contribution < 1.29 is 9.53 Å². The first-order valence-electron chi connectivity index (χ1n) is 8.18. The number of ether oxygens (including phenoxy) is 1. The molecule has 4 heteroatoms. The van der Waals surface area contributed by atoms with Crippen molar-refractivity contribution in [2.24, 2.45) is 11.7 Å². The van der Waals surface area contributed by atoms with E-state index in [0.29, 0.717) is 13.0 Å². The van der Waals surface area contributed by atoms with Crippen LogP contribution in [0.2, 0.25) is 0 Å². The lowest BCUT2D eigenvalue weighted by Crippen LogP contribution is -2.46. The summed E-state index contributed by atoms with van der Waals surface area (Å²) in [6, 6.07) is 0. The van der Waals surface area contributed by atoms with E-state index in [1.54, 1.807) is 6.92 Å². The van der Waals surface area contributed by atoms with Gasteiger partial charge in [0.15, 0.2) is 0 Å². The fraction of sp³-hybridized carbons (Fsp3) is 0.938. The number of unbranched alkanes of at least 4 members (excludes halogenated alkanes) is 1. The second-order valence-corrected chi connectivity index (χ2v) is 6.34. The maximum absolute atomic E-state index is 11.7. The molecular formula is C16H32N2O2. The molecule has 0 spiro atoms. The van der Waals surface area contributed by atoms with Gasteiger partial charge in [-0.1, -0.05) is 13.3 Å². The Morgan fingerprint density at radius 1 is 1.40 bits per heavy atom. The van der Waals surface area contributed by atoms with E-state index in [1.165, 1.54) is 32.4 Å². The lowest BCUT2D eigenvalue weighted by molar-refractivity contribution is -0.149. The van der Waals surface area contributed by atoms with Crippen LogP contribution in [0.4, 0.5) is 0 Å². The molecule has 0 radical (unpaired) electrons. The van der Waals surface area contributed by atoms with E-state index in [-0.39, 0.29) is 5.97 Å². The van der Waals surface area contributed by atoms with Gasteiger partial charge in [0.25, 0.3) is 0 Å². The number of hydrogen-bond acceptors (Lipinski definition) is 4. The second-order valence-electron chi connectivity index (χ2n) is 6.34. The van der Waals surface area contributed by atoms with Crippen LogP contribution in [0.3, 0.4) is 0 Å². The van der Waals surface area contributed by atoms with Crippen LogP contribution >= 0.6 is 0 Å². The normalized spacial score (nSPS) is 22.7. The molecule has 1 aliphatic rings. The number of rotatable bonds is 9. The van der Waals surface area contributed by atoms with E-state index in [2.05, 4.69) is 11.8 Å². The van der Waals surface area contributed by atoms with Gasteiger partial charge in [-0.15, -0.1) is 0 Å². The Labute approximate surface area is 124 Å². The minimum Gasteiger partial charge on any atom is -0.465 e. The summed E-state index contributed by atoms with van der Waals surface area (Å²) in [6.45, 7) is 9.89. The molecule has 0 bridgehead atoms. The minimum absolute atomic E-state index is 0.274. The minimum atomic E-state index is -0.828. The molecule has 0 aromatic carbocycles. The SMILES string of the molecule is CCCC1CCN(CCCCC(C)(N)C(=O)OCC)C1. The number of nitrogens with two attached hydrogens (primary N) is 1. The largest absolute Gasteiger partial charge is 0.465 e. The molecule has 0 aliphatic carbocycles. The number of likely N-dealkylation sites (tertiary alicyclic amines) is 1. The van der Waals surface area contributed by atoms with Gasteiger partial charge in [0, 0.05) is 6.54 Å². The van der Waals surface area contributed by atoms with Gasteiger partial charge in [-0.3, -0.25) is 4.79 Å². The first kappa shape index (κ1) is 17.4. The van der Waals surface area contributed by atoms with Crippen LogP contribution in [0.5, 0.6) is 0 Å². The Balaban J connectivity index is 2.14. The Morgan fingerprint density at radius 2 is 2.15 bits per heavy atom. The summed E-state index contributed by atoms with van der Waals surface area (Å²) < 4.78 is 5.00. The molecule has 0 aromatic heterocycles. The lowest BCUT2D eigenvalue weighted by atomic mass is 9.96. The van der Waals surface area contributed by atoms with Crippen molar-refractivity contribution in [3.8, 4) is 0 Å². The second kappa shape index (κ2) is 8.63. The Morgan fingerprint density at radius 3 is 2.80 bits per heavy atom. The van der Waals surface area contributed by atoms with Crippen molar-refractivity contribution in [1.29, 1.82) is 0 Å². The molecule has 4 nitrogen and oxygen atoms in total. The van der Waals surface area contributed by atoms with Crippen LogP contribution in [0.15, 0.2) is 0 Å². The summed E-state index contributed by atoms with van der Waals surface area (Å²) in [5, 5.41) is 0. The van der Waals surface area contributed by atoms with E-state index in [4.69, 9.17) is 10.5 Å². The van der Waals surface area contributed by atoms with E-state index in [0.717, 1.165) is 25.3 Å². The average molecular weight is 284 g/mol. The molecule has 1 saturated heterocycles. The maximum Gasteiger partial charge on any atom is 0.325 e. The number of nitrogens with zero attached hydrogens (tertiary/aromatic N) is 1. The van der Waals surface area contributed by atoms with Crippen LogP contribution in [-0.2, 0) is 9.53 Å². The summed E-state index contributed by atoms with van der Waals surface area (Å²) in [5.41, 5.74) is 5.19. The zero-order chi connectivity index (χ0) is 15.0. The van der Waals surface area contributed by atoms with Gasteiger partial charge < -0.3 is 15.4 Å². The third-order valence-corrected chi connectivity index (χ3v) is 4.23. The van der Waals surface area contributed by atoms with Crippen LogP contribution < -0.4 is 5.73 Å². The summed E-state index contributed by atoms with van der Waals surface area (Å²) in [4.78, 5) is 14.2. The lowest BCUT2D eigenvalue weighted by Gasteiger charge is -2.22. The van der Waals surface area contributed by atoms with Crippen molar-refractivity contribution in [2.75, 3.05) is 26.2 Å². The maximum atomic E-state index is 11.7. The molecule has 2 N–H and O–H groups in total. The molecule has 2 atom stereocenters. The topological polar surface area (TPSA) is 55.6 Å². The molecule has 1 heterocycles. The van der Waals surface area contributed by atoms with Gasteiger partial charge in [-0.05, 0) is 65.0 Å². The first-order valence-corrected chi connectivity index (χ1v) is 8.18. The highest BCUT2D eigenvalue weighted by molar-refractivity contribution is 5.79. The predicted molar refractivity (Wildman–Crippen MR) is 82.5 cm³/mol. The summed E-state index contributed by atoms with van der Waals surface area (Å²) in [7, 11) is 0. The first-order chi connectivity index (χ1) is 9.49. The molecule has 1 fully saturated rings. The van der Waals surface area contributed by atoms with Crippen molar-refractivity contribution in [2.45, 2.75) is 64.8 Å². The highest BCUT2D eigenvalue weighted by Crippen LogP contribution is 2.21. The van der Waals surface area contributed by atoms with E-state index in [1.807, 2.05) is 6.92 Å². The average Bonchev–Trinajstić information content (AvgIpc) is 2.83. The molecule has 20 heavy (non-hydrogen) atoms. The van der Waals surface area contributed by atoms with E-state index >= 15 is 0 Å². The molecule has 0 amide bonds. The Hall–Kier alpha value is -0.610. The molecular weight excluding hydrogens is 252 g/mol. The number of carbonyl (C=O) groups excluding carboxylic acids is 1. The van der Waals surface area contributed by atoms with Crippen LogP contribution in [0.25, 0.3) is 0 Å². The van der Waals surface area contributed by atoms with Crippen LogP contribution in [0, 0.1) is 5.92 Å². The van der Waals surface area contributed by atoms with Crippen molar-refractivity contribution in [3.63, 3.8) is 0 Å². The quantitative estimate of drug-likeness (QED) is 0.522. The Bertz CT molecular complexity index is 292. The van der Waals surface area contributed by atoms with Crippen molar-refractivity contribution >= 4 is 5.97 Å². The van der Waals surface area contributed by atoms with Gasteiger partial charge in [0.1, 0.15) is 5.54 Å². The predicted octanol–water partition coefficient (Wildman–Crippen LogP) is 2.56. The van der Waals surface area contributed by atoms with Gasteiger partial charge in [-0.2, -0.15) is 0 Å². The molecule has 1 rings (SSSR count). The van der Waals surface area contributed by atoms with Crippen LogP contribution in [0.1, 0.15) is 59.3 Å². The zero-order valence-corrected chi connectivity index (χ0v) is 13.5. The van der Waals surface area contributed by atoms with Crippen molar-refractivity contribution in [1.82, 2.24) is 4.90 Å².